The maximum absolute atomic E-state index is 12.0. The molecule has 0 atom stereocenters. The van der Waals surface area contributed by atoms with Gasteiger partial charge in [0.1, 0.15) is 0 Å². The van der Waals surface area contributed by atoms with Crippen LogP contribution in [0.2, 0.25) is 10.0 Å². The van der Waals surface area contributed by atoms with Crippen molar-refractivity contribution in [3.63, 3.8) is 0 Å². The number of carbonyl (C=O) groups is 4. The number of rotatable bonds is 11. The summed E-state index contributed by atoms with van der Waals surface area (Å²) >= 11 is 11.9. The van der Waals surface area contributed by atoms with Crippen LogP contribution in [0.1, 0.15) is 43.0 Å². The fraction of sp³-hybridized carbons (Fsp3) is 0.304. The van der Waals surface area contributed by atoms with Gasteiger partial charge in [-0.2, -0.15) is 0 Å². The molecule has 0 fully saturated rings. The summed E-state index contributed by atoms with van der Waals surface area (Å²) in [4.78, 5) is 47.6. The van der Waals surface area contributed by atoms with Gasteiger partial charge in [-0.15, -0.1) is 0 Å². The molecule has 2 rings (SSSR count). The second kappa shape index (κ2) is 13.4. The van der Waals surface area contributed by atoms with Crippen molar-refractivity contribution in [3.8, 4) is 0 Å². The monoisotopic (exact) mass is 494 g/mol. The Labute approximate surface area is 201 Å². The Balaban J connectivity index is 1.70. The number of halogens is 2. The standard InChI is InChI=1S/C23H24Cl2N2O6/c1-2-3-13-32-23(31)15-7-9-16(10-8-15)26-20(29)14-33-21(30)12-11-19(28)27-18-6-4-5-17(24)22(18)25/h4-10H,2-3,11-14H2,1H3,(H,26,29)(H,27,28). The number of ether oxygens (including phenoxy) is 2. The number of amides is 2. The Morgan fingerprint density at radius 1 is 0.879 bits per heavy atom. The summed E-state index contributed by atoms with van der Waals surface area (Å²) in [6.45, 7) is 1.84. The minimum absolute atomic E-state index is 0.154. The lowest BCUT2D eigenvalue weighted by Gasteiger charge is -2.09. The summed E-state index contributed by atoms with van der Waals surface area (Å²) in [5.41, 5.74) is 1.13. The highest BCUT2D eigenvalue weighted by Crippen LogP contribution is 2.29. The van der Waals surface area contributed by atoms with E-state index in [1.54, 1.807) is 30.3 Å². The first-order valence-electron chi connectivity index (χ1n) is 10.3. The summed E-state index contributed by atoms with van der Waals surface area (Å²) in [6.07, 6.45) is 1.35. The van der Waals surface area contributed by atoms with Crippen molar-refractivity contribution in [2.75, 3.05) is 23.8 Å². The van der Waals surface area contributed by atoms with Crippen molar-refractivity contribution < 1.29 is 28.7 Å². The number of unbranched alkanes of at least 4 members (excludes halogenated alkanes) is 1. The molecule has 10 heteroatoms. The first kappa shape index (κ1) is 26.2. The number of anilines is 2. The predicted molar refractivity (Wildman–Crippen MR) is 126 cm³/mol. The lowest BCUT2D eigenvalue weighted by atomic mass is 10.2. The van der Waals surface area contributed by atoms with Crippen LogP contribution in [-0.2, 0) is 23.9 Å². The first-order valence-corrected chi connectivity index (χ1v) is 11.0. The fourth-order valence-corrected chi connectivity index (χ4v) is 2.87. The van der Waals surface area contributed by atoms with E-state index in [0.717, 1.165) is 12.8 Å². The van der Waals surface area contributed by atoms with E-state index in [2.05, 4.69) is 10.6 Å². The van der Waals surface area contributed by atoms with Crippen LogP contribution in [0.3, 0.4) is 0 Å². The molecule has 0 aliphatic carbocycles. The minimum Gasteiger partial charge on any atom is -0.462 e. The van der Waals surface area contributed by atoms with Crippen LogP contribution in [0.4, 0.5) is 11.4 Å². The summed E-state index contributed by atoms with van der Waals surface area (Å²) in [5, 5.41) is 5.60. The lowest BCUT2D eigenvalue weighted by molar-refractivity contribution is -0.147. The molecule has 0 aromatic heterocycles. The smallest absolute Gasteiger partial charge is 0.338 e. The Morgan fingerprint density at radius 3 is 2.30 bits per heavy atom. The summed E-state index contributed by atoms with van der Waals surface area (Å²) < 4.78 is 10.00. The SMILES string of the molecule is CCCCOC(=O)c1ccc(NC(=O)COC(=O)CCC(=O)Nc2cccc(Cl)c2Cl)cc1. The Morgan fingerprint density at radius 2 is 1.61 bits per heavy atom. The molecule has 0 aliphatic rings. The van der Waals surface area contributed by atoms with Crippen LogP contribution in [0.15, 0.2) is 42.5 Å². The molecule has 0 unspecified atom stereocenters. The molecule has 0 bridgehead atoms. The quantitative estimate of drug-likeness (QED) is 0.341. The average Bonchev–Trinajstić information content (AvgIpc) is 2.80. The fourth-order valence-electron chi connectivity index (χ4n) is 2.53. The number of nitrogens with one attached hydrogen (secondary N) is 2. The number of benzene rings is 2. The van der Waals surface area contributed by atoms with Crippen molar-refractivity contribution >= 4 is 58.3 Å². The molecule has 0 heterocycles. The van der Waals surface area contributed by atoms with Gasteiger partial charge in [0.15, 0.2) is 6.61 Å². The van der Waals surface area contributed by atoms with Crippen molar-refractivity contribution in [3.05, 3.63) is 58.1 Å². The van der Waals surface area contributed by atoms with E-state index in [1.165, 1.54) is 12.1 Å². The normalized spacial score (nSPS) is 10.3. The van der Waals surface area contributed by atoms with Gasteiger partial charge < -0.3 is 20.1 Å². The van der Waals surface area contributed by atoms with Gasteiger partial charge in [0, 0.05) is 12.1 Å². The zero-order valence-corrected chi connectivity index (χ0v) is 19.5. The third-order valence-corrected chi connectivity index (χ3v) is 5.10. The maximum atomic E-state index is 12.0. The molecular weight excluding hydrogens is 471 g/mol. The molecule has 0 radical (unpaired) electrons. The molecule has 176 valence electrons. The van der Waals surface area contributed by atoms with E-state index in [1.807, 2.05) is 6.92 Å². The van der Waals surface area contributed by atoms with Gasteiger partial charge in [0.05, 0.1) is 34.3 Å². The van der Waals surface area contributed by atoms with Crippen LogP contribution in [0, 0.1) is 0 Å². The zero-order valence-electron chi connectivity index (χ0n) is 18.0. The Hall–Kier alpha value is -3.10. The van der Waals surface area contributed by atoms with E-state index in [0.29, 0.717) is 28.6 Å². The molecule has 33 heavy (non-hydrogen) atoms. The van der Waals surface area contributed by atoms with E-state index < -0.39 is 30.4 Å². The van der Waals surface area contributed by atoms with E-state index in [9.17, 15) is 19.2 Å². The summed E-state index contributed by atoms with van der Waals surface area (Å²) in [5.74, 6) is -2.15. The van der Waals surface area contributed by atoms with Crippen molar-refractivity contribution in [2.45, 2.75) is 32.6 Å². The number of hydrogen-bond donors (Lipinski definition) is 2. The number of esters is 2. The average molecular weight is 495 g/mol. The van der Waals surface area contributed by atoms with Crippen LogP contribution in [0.5, 0.6) is 0 Å². The highest BCUT2D eigenvalue weighted by Gasteiger charge is 2.13. The van der Waals surface area contributed by atoms with Crippen LogP contribution in [0.25, 0.3) is 0 Å². The third kappa shape index (κ3) is 9.11. The molecule has 0 saturated carbocycles. The highest BCUT2D eigenvalue weighted by molar-refractivity contribution is 6.44. The molecule has 0 saturated heterocycles. The third-order valence-electron chi connectivity index (χ3n) is 4.28. The van der Waals surface area contributed by atoms with Gasteiger partial charge in [-0.05, 0) is 42.8 Å². The molecule has 2 amide bonds. The second-order valence-corrected chi connectivity index (χ2v) is 7.71. The van der Waals surface area contributed by atoms with Crippen LogP contribution >= 0.6 is 23.2 Å². The van der Waals surface area contributed by atoms with Crippen molar-refractivity contribution in [2.24, 2.45) is 0 Å². The van der Waals surface area contributed by atoms with Gasteiger partial charge >= 0.3 is 11.9 Å². The molecule has 0 aliphatic heterocycles. The van der Waals surface area contributed by atoms with Gasteiger partial charge in [0.2, 0.25) is 5.91 Å². The molecule has 2 aromatic rings. The molecular formula is C23H24Cl2N2O6. The van der Waals surface area contributed by atoms with Crippen molar-refractivity contribution in [1.82, 2.24) is 0 Å². The topological polar surface area (TPSA) is 111 Å². The van der Waals surface area contributed by atoms with Crippen LogP contribution in [-0.4, -0.2) is 37.0 Å². The summed E-state index contributed by atoms with van der Waals surface area (Å²) in [7, 11) is 0. The summed E-state index contributed by atoms with van der Waals surface area (Å²) in [6, 6.07) is 10.9. The molecule has 8 nitrogen and oxygen atoms in total. The van der Waals surface area contributed by atoms with Crippen molar-refractivity contribution in [1.29, 1.82) is 0 Å². The van der Waals surface area contributed by atoms with Gasteiger partial charge in [-0.3, -0.25) is 14.4 Å². The highest BCUT2D eigenvalue weighted by atomic mass is 35.5. The maximum Gasteiger partial charge on any atom is 0.338 e. The molecule has 2 N–H and O–H groups in total. The minimum atomic E-state index is -0.706. The number of carbonyl (C=O) groups excluding carboxylic acids is 4. The van der Waals surface area contributed by atoms with E-state index in [4.69, 9.17) is 32.7 Å². The second-order valence-electron chi connectivity index (χ2n) is 6.93. The largest absolute Gasteiger partial charge is 0.462 e. The molecule has 0 spiro atoms. The Bertz CT molecular complexity index is 995. The zero-order chi connectivity index (χ0) is 24.2. The molecule has 2 aromatic carbocycles. The van der Waals surface area contributed by atoms with Gasteiger partial charge in [0.25, 0.3) is 5.91 Å². The predicted octanol–water partition coefficient (Wildman–Crippen LogP) is 4.85. The van der Waals surface area contributed by atoms with E-state index in [-0.39, 0.29) is 17.9 Å². The van der Waals surface area contributed by atoms with Crippen LogP contribution < -0.4 is 10.6 Å². The van der Waals surface area contributed by atoms with Gasteiger partial charge in [-0.25, -0.2) is 4.79 Å². The van der Waals surface area contributed by atoms with E-state index >= 15 is 0 Å². The lowest BCUT2D eigenvalue weighted by Crippen LogP contribution is -2.22. The van der Waals surface area contributed by atoms with Gasteiger partial charge in [-0.1, -0.05) is 42.6 Å². The first-order chi connectivity index (χ1) is 15.8. The number of hydrogen-bond acceptors (Lipinski definition) is 6. The Kier molecular flexibility index (Phi) is 10.7.